The van der Waals surface area contributed by atoms with E-state index in [0.29, 0.717) is 0 Å². The van der Waals surface area contributed by atoms with Gasteiger partial charge in [0, 0.05) is 18.7 Å². The number of carbonyl (C=O) groups is 1. The number of alkyl carbamates (subject to hydrolysis) is 1. The molecule has 4 nitrogen and oxygen atoms in total. The topological polar surface area (TPSA) is 47.6 Å². The zero-order chi connectivity index (χ0) is 12.4. The number of carbonyl (C=O) groups excluding carboxylic acids is 1. The van der Waals surface area contributed by atoms with E-state index in [1.807, 2.05) is 0 Å². The predicted octanol–water partition coefficient (Wildman–Crippen LogP) is 2.05. The van der Waals surface area contributed by atoms with Crippen molar-refractivity contribution >= 4 is 12.2 Å². The highest BCUT2D eigenvalue weighted by Crippen LogP contribution is 2.30. The summed E-state index contributed by atoms with van der Waals surface area (Å²) in [6.45, 7) is -0.0804. The number of rotatable bonds is 1. The van der Waals surface area contributed by atoms with Crippen LogP contribution in [0.15, 0.2) is 17.9 Å². The fraction of sp³-hybridized carbons (Fsp3) is 0.182. The molecule has 2 rings (SSSR count). The highest BCUT2D eigenvalue weighted by Gasteiger charge is 2.19. The molecule has 1 aromatic carbocycles. The molecule has 1 aliphatic rings. The van der Waals surface area contributed by atoms with Crippen molar-refractivity contribution in [1.82, 2.24) is 5.32 Å². The van der Waals surface area contributed by atoms with E-state index in [9.17, 15) is 13.6 Å². The summed E-state index contributed by atoms with van der Waals surface area (Å²) in [6.07, 6.45) is 0.695. The van der Waals surface area contributed by atoms with Crippen molar-refractivity contribution in [3.63, 3.8) is 0 Å². The molecular weight excluding hydrogens is 232 g/mol. The van der Waals surface area contributed by atoms with Crippen LogP contribution in [0.1, 0.15) is 5.56 Å². The standard InChI is InChI=1S/C11H9F2NO3/c1-14-11(15)17-8-3-6-2-7(12)4-9(13)10(6)16-5-8/h2-4H,5H2,1H3,(H,14,15). The van der Waals surface area contributed by atoms with Crippen LogP contribution in [0.25, 0.3) is 6.08 Å². The number of hydrogen-bond acceptors (Lipinski definition) is 3. The minimum atomic E-state index is -0.782. The molecule has 1 heterocycles. The van der Waals surface area contributed by atoms with Gasteiger partial charge in [-0.1, -0.05) is 0 Å². The van der Waals surface area contributed by atoms with E-state index in [-0.39, 0.29) is 23.7 Å². The molecule has 0 aliphatic carbocycles. The monoisotopic (exact) mass is 241 g/mol. The van der Waals surface area contributed by atoms with Gasteiger partial charge in [0.25, 0.3) is 0 Å². The Morgan fingerprint density at radius 1 is 1.47 bits per heavy atom. The largest absolute Gasteiger partial charge is 0.482 e. The van der Waals surface area contributed by atoms with Crippen molar-refractivity contribution in [3.8, 4) is 5.75 Å². The second-order valence-electron chi connectivity index (χ2n) is 3.34. The maximum atomic E-state index is 13.3. The molecule has 0 bridgehead atoms. The molecule has 1 aliphatic heterocycles. The summed E-state index contributed by atoms with van der Waals surface area (Å²) >= 11 is 0. The first-order valence-corrected chi connectivity index (χ1v) is 4.82. The summed E-state index contributed by atoms with van der Waals surface area (Å²) in [4.78, 5) is 10.9. The number of nitrogens with one attached hydrogen (secondary N) is 1. The lowest BCUT2D eigenvalue weighted by molar-refractivity contribution is 0.162. The number of ether oxygens (including phenoxy) is 2. The molecule has 0 saturated carbocycles. The summed E-state index contributed by atoms with van der Waals surface area (Å²) in [5.41, 5.74) is 0.202. The van der Waals surface area contributed by atoms with E-state index in [0.717, 1.165) is 12.1 Å². The number of amides is 1. The van der Waals surface area contributed by atoms with Crippen LogP contribution < -0.4 is 10.1 Å². The van der Waals surface area contributed by atoms with Gasteiger partial charge in [0.1, 0.15) is 18.2 Å². The molecule has 0 radical (unpaired) electrons. The van der Waals surface area contributed by atoms with Gasteiger partial charge in [-0.25, -0.2) is 13.6 Å². The third-order valence-corrected chi connectivity index (χ3v) is 2.14. The Morgan fingerprint density at radius 3 is 2.94 bits per heavy atom. The first-order chi connectivity index (χ1) is 8.10. The number of halogens is 2. The average molecular weight is 241 g/mol. The Balaban J connectivity index is 2.31. The van der Waals surface area contributed by atoms with Crippen molar-refractivity contribution in [2.45, 2.75) is 0 Å². The smallest absolute Gasteiger partial charge is 0.412 e. The van der Waals surface area contributed by atoms with Gasteiger partial charge >= 0.3 is 6.09 Å². The average Bonchev–Trinajstić information content (AvgIpc) is 2.28. The molecule has 0 atom stereocenters. The lowest BCUT2D eigenvalue weighted by Gasteiger charge is -2.17. The van der Waals surface area contributed by atoms with Crippen LogP contribution in [-0.2, 0) is 4.74 Å². The van der Waals surface area contributed by atoms with Gasteiger partial charge in [0.15, 0.2) is 11.6 Å². The van der Waals surface area contributed by atoms with Crippen LogP contribution in [0, 0.1) is 11.6 Å². The van der Waals surface area contributed by atoms with Gasteiger partial charge < -0.3 is 14.8 Å². The van der Waals surface area contributed by atoms with E-state index in [1.165, 1.54) is 13.1 Å². The second-order valence-corrected chi connectivity index (χ2v) is 3.34. The lowest BCUT2D eigenvalue weighted by Crippen LogP contribution is -2.22. The van der Waals surface area contributed by atoms with Crippen LogP contribution in [-0.4, -0.2) is 19.7 Å². The summed E-state index contributed by atoms with van der Waals surface area (Å²) in [5.74, 6) is -1.37. The molecule has 6 heteroatoms. The lowest BCUT2D eigenvalue weighted by atomic mass is 10.1. The minimum absolute atomic E-state index is 0.0457. The maximum Gasteiger partial charge on any atom is 0.412 e. The van der Waals surface area contributed by atoms with Gasteiger partial charge in [-0.3, -0.25) is 0 Å². The van der Waals surface area contributed by atoms with Gasteiger partial charge in [0.2, 0.25) is 0 Å². The molecular formula is C11H9F2NO3. The maximum absolute atomic E-state index is 13.3. The third kappa shape index (κ3) is 2.35. The molecule has 0 saturated heterocycles. The normalized spacial score (nSPS) is 13.2. The van der Waals surface area contributed by atoms with Crippen LogP contribution in [0.4, 0.5) is 13.6 Å². The summed E-state index contributed by atoms with van der Waals surface area (Å²) < 4.78 is 36.1. The fourth-order valence-corrected chi connectivity index (χ4v) is 1.43. The van der Waals surface area contributed by atoms with Crippen LogP contribution in [0.5, 0.6) is 5.75 Å². The minimum Gasteiger partial charge on any atom is -0.482 e. The highest BCUT2D eigenvalue weighted by molar-refractivity contribution is 5.70. The van der Waals surface area contributed by atoms with Crippen molar-refractivity contribution < 1.29 is 23.0 Å². The molecule has 17 heavy (non-hydrogen) atoms. The quantitative estimate of drug-likeness (QED) is 0.818. The van der Waals surface area contributed by atoms with Gasteiger partial charge in [-0.15, -0.1) is 0 Å². The second kappa shape index (κ2) is 4.40. The molecule has 0 spiro atoms. The Morgan fingerprint density at radius 2 is 2.24 bits per heavy atom. The summed E-state index contributed by atoms with van der Waals surface area (Å²) in [7, 11) is 1.40. The van der Waals surface area contributed by atoms with Crippen molar-refractivity contribution in [1.29, 1.82) is 0 Å². The van der Waals surface area contributed by atoms with E-state index in [4.69, 9.17) is 9.47 Å². The van der Waals surface area contributed by atoms with Crippen molar-refractivity contribution in [2.75, 3.05) is 13.7 Å². The summed E-state index contributed by atoms with van der Waals surface area (Å²) in [6, 6.07) is 1.84. The highest BCUT2D eigenvalue weighted by atomic mass is 19.1. The van der Waals surface area contributed by atoms with Crippen LogP contribution >= 0.6 is 0 Å². The van der Waals surface area contributed by atoms with Crippen LogP contribution in [0.2, 0.25) is 0 Å². The Bertz CT molecular complexity index is 500. The van der Waals surface area contributed by atoms with Crippen molar-refractivity contribution in [3.05, 3.63) is 35.1 Å². The molecule has 0 unspecified atom stereocenters. The first-order valence-electron chi connectivity index (χ1n) is 4.82. The Kier molecular flexibility index (Phi) is 2.95. The molecule has 1 aromatic rings. The van der Waals surface area contributed by atoms with E-state index < -0.39 is 17.7 Å². The summed E-state index contributed by atoms with van der Waals surface area (Å²) in [5, 5.41) is 2.25. The number of hydrogen-bond donors (Lipinski definition) is 1. The number of benzene rings is 1. The first kappa shape index (κ1) is 11.4. The zero-order valence-electron chi connectivity index (χ0n) is 8.92. The Labute approximate surface area is 95.8 Å². The fourth-order valence-electron chi connectivity index (χ4n) is 1.43. The van der Waals surface area contributed by atoms with E-state index in [2.05, 4.69) is 5.32 Å². The predicted molar refractivity (Wildman–Crippen MR) is 55.4 cm³/mol. The molecule has 0 aromatic heterocycles. The number of fused-ring (bicyclic) bond motifs is 1. The van der Waals surface area contributed by atoms with Gasteiger partial charge in [-0.05, 0) is 12.1 Å². The zero-order valence-corrected chi connectivity index (χ0v) is 8.92. The van der Waals surface area contributed by atoms with E-state index in [1.54, 1.807) is 0 Å². The van der Waals surface area contributed by atoms with Crippen LogP contribution in [0.3, 0.4) is 0 Å². The molecule has 1 N–H and O–H groups in total. The van der Waals surface area contributed by atoms with Gasteiger partial charge in [0.05, 0.1) is 0 Å². The van der Waals surface area contributed by atoms with E-state index >= 15 is 0 Å². The Hall–Kier alpha value is -2.11. The third-order valence-electron chi connectivity index (χ3n) is 2.14. The molecule has 0 fully saturated rings. The van der Waals surface area contributed by atoms with Crippen molar-refractivity contribution in [2.24, 2.45) is 0 Å². The SMILES string of the molecule is CNC(=O)OC1=Cc2cc(F)cc(F)c2OC1. The molecule has 1 amide bonds. The molecule has 90 valence electrons. The van der Waals surface area contributed by atoms with Gasteiger partial charge in [-0.2, -0.15) is 0 Å².